The SMILES string of the molecule is O=C(NCCn1nc(C(=O)N2CCCC2)c2c1CCOC2)c1ccc(F)c(F)c1. The molecule has 1 N–H and O–H groups in total. The lowest BCUT2D eigenvalue weighted by molar-refractivity contribution is 0.0772. The van der Waals surface area contributed by atoms with Gasteiger partial charge in [-0.2, -0.15) is 5.10 Å². The molecule has 1 fully saturated rings. The van der Waals surface area contributed by atoms with Gasteiger partial charge in [0.15, 0.2) is 17.3 Å². The van der Waals surface area contributed by atoms with E-state index in [9.17, 15) is 18.4 Å². The summed E-state index contributed by atoms with van der Waals surface area (Å²) < 4.78 is 33.6. The number of nitrogens with one attached hydrogen (secondary N) is 1. The molecule has 7 nitrogen and oxygen atoms in total. The second-order valence-electron chi connectivity index (χ2n) is 7.18. The number of fused-ring (bicyclic) bond motifs is 1. The van der Waals surface area contributed by atoms with Crippen molar-refractivity contribution in [2.45, 2.75) is 32.4 Å². The highest BCUT2D eigenvalue weighted by molar-refractivity contribution is 5.94. The number of nitrogens with zero attached hydrogens (tertiary/aromatic N) is 3. The quantitative estimate of drug-likeness (QED) is 0.826. The number of likely N-dealkylation sites (tertiary alicyclic amines) is 1. The van der Waals surface area contributed by atoms with Gasteiger partial charge >= 0.3 is 0 Å². The van der Waals surface area contributed by atoms with Gasteiger partial charge in [-0.1, -0.05) is 0 Å². The number of rotatable bonds is 5. The predicted molar refractivity (Wildman–Crippen MR) is 99.4 cm³/mol. The first-order valence-corrected chi connectivity index (χ1v) is 9.73. The van der Waals surface area contributed by atoms with Crippen LogP contribution >= 0.6 is 0 Å². The number of ether oxygens (including phenoxy) is 1. The highest BCUT2D eigenvalue weighted by Gasteiger charge is 2.29. The Bertz CT molecular complexity index is 938. The number of carbonyl (C=O) groups is 2. The van der Waals surface area contributed by atoms with Crippen LogP contribution in [0.15, 0.2) is 18.2 Å². The predicted octanol–water partition coefficient (Wildman–Crippen LogP) is 1.90. The minimum Gasteiger partial charge on any atom is -0.376 e. The molecule has 9 heteroatoms. The zero-order valence-corrected chi connectivity index (χ0v) is 15.9. The average molecular weight is 404 g/mol. The van der Waals surface area contributed by atoms with Crippen LogP contribution in [0.25, 0.3) is 0 Å². The maximum atomic E-state index is 13.3. The Morgan fingerprint density at radius 1 is 1.17 bits per heavy atom. The average Bonchev–Trinajstić information content (AvgIpc) is 3.38. The molecular formula is C20H22F2N4O3. The fourth-order valence-corrected chi connectivity index (χ4v) is 3.75. The second-order valence-corrected chi connectivity index (χ2v) is 7.18. The summed E-state index contributed by atoms with van der Waals surface area (Å²) in [5, 5.41) is 7.20. The molecule has 0 aliphatic carbocycles. The molecule has 0 bridgehead atoms. The van der Waals surface area contributed by atoms with Crippen molar-refractivity contribution in [2.75, 3.05) is 26.2 Å². The molecule has 2 amide bonds. The number of carbonyl (C=O) groups excluding carboxylic acids is 2. The van der Waals surface area contributed by atoms with Crippen molar-refractivity contribution in [1.29, 1.82) is 0 Å². The van der Waals surface area contributed by atoms with E-state index < -0.39 is 17.5 Å². The maximum absolute atomic E-state index is 13.3. The minimum atomic E-state index is -1.07. The lowest BCUT2D eigenvalue weighted by Crippen LogP contribution is -2.29. The van der Waals surface area contributed by atoms with Gasteiger partial charge in [-0.05, 0) is 31.0 Å². The largest absolute Gasteiger partial charge is 0.376 e. The van der Waals surface area contributed by atoms with Crippen LogP contribution in [0.4, 0.5) is 8.78 Å². The smallest absolute Gasteiger partial charge is 0.274 e. The normalized spacial score (nSPS) is 16.0. The molecule has 0 atom stereocenters. The molecule has 0 spiro atoms. The zero-order chi connectivity index (χ0) is 20.4. The summed E-state index contributed by atoms with van der Waals surface area (Å²) in [7, 11) is 0. The molecule has 0 unspecified atom stereocenters. The molecule has 4 rings (SSSR count). The summed E-state index contributed by atoms with van der Waals surface area (Å²) in [6.07, 6.45) is 2.65. The molecule has 0 saturated carbocycles. The molecule has 1 aromatic carbocycles. The van der Waals surface area contributed by atoms with Crippen LogP contribution in [0.3, 0.4) is 0 Å². The summed E-state index contributed by atoms with van der Waals surface area (Å²) in [5.74, 6) is -2.64. The Morgan fingerprint density at radius 3 is 2.72 bits per heavy atom. The molecular weight excluding hydrogens is 382 g/mol. The van der Waals surface area contributed by atoms with Crippen LogP contribution < -0.4 is 5.32 Å². The van der Waals surface area contributed by atoms with Crippen molar-refractivity contribution in [3.8, 4) is 0 Å². The first-order valence-electron chi connectivity index (χ1n) is 9.73. The lowest BCUT2D eigenvalue weighted by Gasteiger charge is -2.17. The maximum Gasteiger partial charge on any atom is 0.274 e. The van der Waals surface area contributed by atoms with Gasteiger partial charge in [-0.3, -0.25) is 14.3 Å². The van der Waals surface area contributed by atoms with E-state index in [1.54, 1.807) is 4.68 Å². The van der Waals surface area contributed by atoms with Crippen LogP contribution in [0, 0.1) is 11.6 Å². The molecule has 154 valence electrons. The molecule has 29 heavy (non-hydrogen) atoms. The highest BCUT2D eigenvalue weighted by Crippen LogP contribution is 2.23. The van der Waals surface area contributed by atoms with Crippen molar-refractivity contribution in [3.63, 3.8) is 0 Å². The monoisotopic (exact) mass is 404 g/mol. The Kier molecular flexibility index (Phi) is 5.57. The molecule has 0 radical (unpaired) electrons. The van der Waals surface area contributed by atoms with E-state index in [2.05, 4.69) is 10.4 Å². The number of aromatic nitrogens is 2. The first kappa shape index (κ1) is 19.5. The number of benzene rings is 1. The van der Waals surface area contributed by atoms with Gasteiger partial charge in [0.05, 0.1) is 19.8 Å². The Labute approximate surface area is 166 Å². The summed E-state index contributed by atoms with van der Waals surface area (Å²) in [5.41, 5.74) is 2.24. The van der Waals surface area contributed by atoms with Gasteiger partial charge in [0.2, 0.25) is 0 Å². The molecule has 2 aromatic rings. The van der Waals surface area contributed by atoms with Crippen LogP contribution in [0.5, 0.6) is 0 Å². The van der Waals surface area contributed by atoms with E-state index in [4.69, 9.17) is 4.74 Å². The van der Waals surface area contributed by atoms with Gasteiger partial charge in [0.25, 0.3) is 11.8 Å². The van der Waals surface area contributed by atoms with E-state index in [-0.39, 0.29) is 18.0 Å². The minimum absolute atomic E-state index is 0.0460. The molecule has 2 aliphatic rings. The summed E-state index contributed by atoms with van der Waals surface area (Å²) in [6.45, 7) is 3.00. The van der Waals surface area contributed by atoms with E-state index in [0.717, 1.165) is 49.3 Å². The van der Waals surface area contributed by atoms with Crippen molar-refractivity contribution in [1.82, 2.24) is 20.0 Å². The van der Waals surface area contributed by atoms with E-state index in [1.807, 2.05) is 4.90 Å². The zero-order valence-electron chi connectivity index (χ0n) is 15.9. The van der Waals surface area contributed by atoms with E-state index in [1.165, 1.54) is 6.07 Å². The van der Waals surface area contributed by atoms with Crippen molar-refractivity contribution < 1.29 is 23.1 Å². The Morgan fingerprint density at radius 2 is 1.97 bits per heavy atom. The summed E-state index contributed by atoms with van der Waals surface area (Å²) >= 11 is 0. The number of amides is 2. The number of hydrogen-bond donors (Lipinski definition) is 1. The first-order chi connectivity index (χ1) is 14.0. The second kappa shape index (κ2) is 8.28. The van der Waals surface area contributed by atoms with Crippen molar-refractivity contribution in [3.05, 3.63) is 52.3 Å². The number of halogens is 2. The third kappa shape index (κ3) is 4.00. The van der Waals surface area contributed by atoms with Gasteiger partial charge in [0.1, 0.15) is 0 Å². The standard InChI is InChI=1S/C20H22F2N4O3/c21-15-4-3-13(11-16(15)22)19(27)23-6-9-26-17-5-10-29-12-14(17)18(24-26)20(28)25-7-1-2-8-25/h3-4,11H,1-2,5-10,12H2,(H,23,27). The lowest BCUT2D eigenvalue weighted by atomic mass is 10.1. The van der Waals surface area contributed by atoms with Gasteiger partial charge in [-0.25, -0.2) is 8.78 Å². The van der Waals surface area contributed by atoms with Crippen molar-refractivity contribution in [2.24, 2.45) is 0 Å². The highest BCUT2D eigenvalue weighted by atomic mass is 19.2. The molecule has 3 heterocycles. The van der Waals surface area contributed by atoms with Crippen molar-refractivity contribution >= 4 is 11.8 Å². The van der Waals surface area contributed by atoms with Crippen LogP contribution in [0.1, 0.15) is 44.9 Å². The van der Waals surface area contributed by atoms with Gasteiger partial charge < -0.3 is 15.0 Å². The van der Waals surface area contributed by atoms with Crippen LogP contribution in [0.2, 0.25) is 0 Å². The van der Waals surface area contributed by atoms with E-state index >= 15 is 0 Å². The fourth-order valence-electron chi connectivity index (χ4n) is 3.75. The summed E-state index contributed by atoms with van der Waals surface area (Å²) in [6, 6.07) is 3.02. The van der Waals surface area contributed by atoms with Crippen LogP contribution in [-0.2, 0) is 24.3 Å². The number of hydrogen-bond acceptors (Lipinski definition) is 4. The van der Waals surface area contributed by atoms with Gasteiger partial charge in [-0.15, -0.1) is 0 Å². The third-order valence-electron chi connectivity index (χ3n) is 5.28. The molecule has 2 aliphatic heterocycles. The summed E-state index contributed by atoms with van der Waals surface area (Å²) in [4.78, 5) is 26.8. The molecule has 1 saturated heterocycles. The molecule has 1 aromatic heterocycles. The fraction of sp³-hybridized carbons (Fsp3) is 0.450. The van der Waals surface area contributed by atoms with E-state index in [0.29, 0.717) is 31.9 Å². The topological polar surface area (TPSA) is 76.5 Å². The van der Waals surface area contributed by atoms with Crippen LogP contribution in [-0.4, -0.2) is 52.7 Å². The third-order valence-corrected chi connectivity index (χ3v) is 5.28. The van der Waals surface area contributed by atoms with Gasteiger partial charge in [0, 0.05) is 42.9 Å². The Hall–Kier alpha value is -2.81. The Balaban J connectivity index is 1.45.